The third-order valence-corrected chi connectivity index (χ3v) is 4.17. The summed E-state index contributed by atoms with van der Waals surface area (Å²) >= 11 is 1.90. The largest absolute Gasteiger partial charge is 0.478 e. The number of thioether (sulfide) groups is 1. The van der Waals surface area contributed by atoms with E-state index >= 15 is 0 Å². The molecule has 2 rings (SSSR count). The van der Waals surface area contributed by atoms with Crippen molar-refractivity contribution in [2.75, 3.05) is 0 Å². The first-order valence-corrected chi connectivity index (χ1v) is 7.66. The van der Waals surface area contributed by atoms with Crippen molar-refractivity contribution < 1.29 is 9.90 Å². The van der Waals surface area contributed by atoms with Gasteiger partial charge in [-0.15, -0.1) is 0 Å². The van der Waals surface area contributed by atoms with Gasteiger partial charge < -0.3 is 5.11 Å². The first-order valence-electron chi connectivity index (χ1n) is 6.61. The van der Waals surface area contributed by atoms with Crippen LogP contribution in [0.25, 0.3) is 11.1 Å². The molecule has 20 heavy (non-hydrogen) atoms. The van der Waals surface area contributed by atoms with Crippen LogP contribution in [0.4, 0.5) is 0 Å². The summed E-state index contributed by atoms with van der Waals surface area (Å²) in [5.74, 6) is 0.0958. The molecule has 0 unspecified atom stereocenters. The predicted molar refractivity (Wildman–Crippen MR) is 85.3 cm³/mol. The van der Waals surface area contributed by atoms with E-state index < -0.39 is 5.97 Å². The van der Waals surface area contributed by atoms with E-state index in [1.165, 1.54) is 5.56 Å². The molecule has 0 aliphatic heterocycles. The van der Waals surface area contributed by atoms with E-state index in [0.29, 0.717) is 10.8 Å². The van der Waals surface area contributed by atoms with Crippen LogP contribution in [0.15, 0.2) is 48.5 Å². The van der Waals surface area contributed by atoms with E-state index in [2.05, 4.69) is 26.0 Å². The topological polar surface area (TPSA) is 37.3 Å². The zero-order chi connectivity index (χ0) is 14.5. The van der Waals surface area contributed by atoms with Gasteiger partial charge in [-0.3, -0.25) is 0 Å². The summed E-state index contributed by atoms with van der Waals surface area (Å²) in [6, 6.07) is 15.2. The number of carbonyl (C=O) groups is 1. The van der Waals surface area contributed by atoms with Crippen molar-refractivity contribution in [3.8, 4) is 11.1 Å². The first-order chi connectivity index (χ1) is 9.58. The molecule has 3 heteroatoms. The Morgan fingerprint density at radius 2 is 1.75 bits per heavy atom. The van der Waals surface area contributed by atoms with Gasteiger partial charge in [-0.25, -0.2) is 4.79 Å². The summed E-state index contributed by atoms with van der Waals surface area (Å²) in [5, 5.41) is 9.84. The molecular formula is C17H18O2S. The second kappa shape index (κ2) is 6.62. The molecule has 0 aliphatic rings. The van der Waals surface area contributed by atoms with Crippen LogP contribution in [0.2, 0.25) is 0 Å². The summed E-state index contributed by atoms with van der Waals surface area (Å²) in [4.78, 5) is 11.2. The van der Waals surface area contributed by atoms with E-state index in [9.17, 15) is 9.90 Å². The molecule has 0 fully saturated rings. The lowest BCUT2D eigenvalue weighted by molar-refractivity contribution is 0.0697. The van der Waals surface area contributed by atoms with Crippen LogP contribution in [0.5, 0.6) is 0 Å². The Labute approximate surface area is 123 Å². The highest BCUT2D eigenvalue weighted by Gasteiger charge is 2.10. The fourth-order valence-corrected chi connectivity index (χ4v) is 2.68. The zero-order valence-corrected chi connectivity index (χ0v) is 12.5. The Balaban J connectivity index is 2.24. The van der Waals surface area contributed by atoms with E-state index in [1.807, 2.05) is 36.0 Å². The number of carboxylic acids is 1. The molecule has 104 valence electrons. The number of carboxylic acid groups (broad SMARTS) is 1. The molecule has 2 aromatic carbocycles. The molecule has 0 radical (unpaired) electrons. The monoisotopic (exact) mass is 286 g/mol. The molecular weight excluding hydrogens is 268 g/mol. The van der Waals surface area contributed by atoms with Gasteiger partial charge in [0.2, 0.25) is 0 Å². The van der Waals surface area contributed by atoms with E-state index in [1.54, 1.807) is 12.1 Å². The Kier molecular flexibility index (Phi) is 4.85. The minimum Gasteiger partial charge on any atom is -0.478 e. The number of benzene rings is 2. The van der Waals surface area contributed by atoms with Crippen LogP contribution in [0.3, 0.4) is 0 Å². The summed E-state index contributed by atoms with van der Waals surface area (Å²) in [6.45, 7) is 4.37. The first kappa shape index (κ1) is 14.7. The van der Waals surface area contributed by atoms with Crippen LogP contribution in [-0.2, 0) is 5.75 Å². The molecule has 2 aromatic rings. The fourth-order valence-electron chi connectivity index (χ4n) is 1.96. The summed E-state index contributed by atoms with van der Waals surface area (Å²) in [7, 11) is 0. The van der Waals surface area contributed by atoms with Crippen LogP contribution in [-0.4, -0.2) is 16.3 Å². The number of aromatic carboxylic acids is 1. The normalized spacial score (nSPS) is 10.8. The lowest BCUT2D eigenvalue weighted by atomic mass is 9.99. The lowest BCUT2D eigenvalue weighted by Gasteiger charge is -2.08. The molecule has 1 N–H and O–H groups in total. The maximum absolute atomic E-state index is 11.2. The maximum Gasteiger partial charge on any atom is 0.336 e. The second-order valence-electron chi connectivity index (χ2n) is 4.91. The molecule has 0 amide bonds. The third kappa shape index (κ3) is 3.64. The van der Waals surface area contributed by atoms with Crippen LogP contribution >= 0.6 is 11.8 Å². The minimum atomic E-state index is -0.889. The Morgan fingerprint density at radius 1 is 1.10 bits per heavy atom. The van der Waals surface area contributed by atoms with Crippen LogP contribution in [0, 0.1) is 0 Å². The minimum absolute atomic E-state index is 0.344. The van der Waals surface area contributed by atoms with Crippen molar-refractivity contribution in [1.82, 2.24) is 0 Å². The smallest absolute Gasteiger partial charge is 0.336 e. The molecule has 0 aromatic heterocycles. The Hall–Kier alpha value is -1.74. The van der Waals surface area contributed by atoms with Gasteiger partial charge in [-0.2, -0.15) is 11.8 Å². The highest BCUT2D eigenvalue weighted by atomic mass is 32.2. The van der Waals surface area contributed by atoms with Crippen LogP contribution < -0.4 is 0 Å². The van der Waals surface area contributed by atoms with Gasteiger partial charge in [-0.1, -0.05) is 56.3 Å². The SMILES string of the molecule is CC(C)SCc1ccc(-c2ccccc2C(=O)O)cc1. The highest BCUT2D eigenvalue weighted by molar-refractivity contribution is 7.99. The Bertz CT molecular complexity index is 588. The summed E-state index contributed by atoms with van der Waals surface area (Å²) in [6.07, 6.45) is 0. The van der Waals surface area contributed by atoms with Crippen molar-refractivity contribution in [1.29, 1.82) is 0 Å². The number of hydrogen-bond donors (Lipinski definition) is 1. The van der Waals surface area contributed by atoms with Crippen LogP contribution in [0.1, 0.15) is 29.8 Å². The predicted octanol–water partition coefficient (Wildman–Crippen LogP) is 4.69. The van der Waals surface area contributed by atoms with Gasteiger partial charge in [0.05, 0.1) is 5.56 Å². The highest BCUT2D eigenvalue weighted by Crippen LogP contribution is 2.25. The molecule has 0 spiro atoms. The van der Waals surface area contributed by atoms with Gasteiger partial charge in [-0.05, 0) is 28.0 Å². The van der Waals surface area contributed by atoms with Crippen molar-refractivity contribution in [3.63, 3.8) is 0 Å². The zero-order valence-electron chi connectivity index (χ0n) is 11.7. The standard InChI is InChI=1S/C17H18O2S/c1-12(2)20-11-13-7-9-14(10-8-13)15-5-3-4-6-16(15)17(18)19/h3-10,12H,11H2,1-2H3,(H,18,19). The molecule has 0 heterocycles. The fraction of sp³-hybridized carbons (Fsp3) is 0.235. The van der Waals surface area contributed by atoms with E-state index in [-0.39, 0.29) is 0 Å². The maximum atomic E-state index is 11.2. The summed E-state index contributed by atoms with van der Waals surface area (Å²) < 4.78 is 0. The molecule has 0 saturated heterocycles. The average Bonchev–Trinajstić information content (AvgIpc) is 2.45. The number of rotatable bonds is 5. The molecule has 0 bridgehead atoms. The average molecular weight is 286 g/mol. The number of hydrogen-bond acceptors (Lipinski definition) is 2. The van der Waals surface area contributed by atoms with Gasteiger partial charge in [0.15, 0.2) is 0 Å². The van der Waals surface area contributed by atoms with Gasteiger partial charge >= 0.3 is 5.97 Å². The molecule has 0 aliphatic carbocycles. The third-order valence-electron chi connectivity index (χ3n) is 3.01. The molecule has 2 nitrogen and oxygen atoms in total. The van der Waals surface area contributed by atoms with E-state index in [4.69, 9.17) is 0 Å². The van der Waals surface area contributed by atoms with Crippen molar-refractivity contribution in [2.24, 2.45) is 0 Å². The quantitative estimate of drug-likeness (QED) is 0.866. The van der Waals surface area contributed by atoms with Crippen molar-refractivity contribution in [2.45, 2.75) is 24.9 Å². The van der Waals surface area contributed by atoms with Gasteiger partial charge in [0.1, 0.15) is 0 Å². The van der Waals surface area contributed by atoms with Gasteiger partial charge in [0.25, 0.3) is 0 Å². The second-order valence-corrected chi connectivity index (χ2v) is 6.47. The lowest BCUT2D eigenvalue weighted by Crippen LogP contribution is -1.99. The van der Waals surface area contributed by atoms with Crippen molar-refractivity contribution >= 4 is 17.7 Å². The molecule has 0 atom stereocenters. The van der Waals surface area contributed by atoms with Crippen molar-refractivity contribution in [3.05, 3.63) is 59.7 Å². The van der Waals surface area contributed by atoms with E-state index in [0.717, 1.165) is 16.9 Å². The van der Waals surface area contributed by atoms with Gasteiger partial charge in [0, 0.05) is 5.75 Å². The Morgan fingerprint density at radius 3 is 2.35 bits per heavy atom. The molecule has 0 saturated carbocycles. The summed E-state index contributed by atoms with van der Waals surface area (Å²) in [5.41, 5.74) is 3.32.